The lowest BCUT2D eigenvalue weighted by molar-refractivity contribution is 0.398. The number of hydrogen-bond donors (Lipinski definition) is 2. The van der Waals surface area contributed by atoms with E-state index in [-0.39, 0.29) is 16.9 Å². The van der Waals surface area contributed by atoms with Gasteiger partial charge in [-0.2, -0.15) is 0 Å². The monoisotopic (exact) mass is 270 g/mol. The lowest BCUT2D eigenvalue weighted by Gasteiger charge is -2.12. The zero-order valence-corrected chi connectivity index (χ0v) is 11.8. The van der Waals surface area contributed by atoms with Crippen LogP contribution in [-0.2, 0) is 0 Å². The summed E-state index contributed by atoms with van der Waals surface area (Å²) in [5.74, 6) is -0.176. The average Bonchev–Trinajstić information content (AvgIpc) is 2.36. The van der Waals surface area contributed by atoms with E-state index in [0.29, 0.717) is 5.56 Å². The normalized spacial score (nSPS) is 12.6. The Morgan fingerprint density at radius 2 is 1.72 bits per heavy atom. The molecule has 1 atom stereocenters. The fraction of sp³-hybridized carbons (Fsp3) is 0.600. The molecule has 0 fully saturated rings. The second kappa shape index (κ2) is 8.25. The fourth-order valence-corrected chi connectivity index (χ4v) is 2.39. The SMILES string of the molecule is CCCCCCCCC(Cl)c1cccc(O)c1O. The summed E-state index contributed by atoms with van der Waals surface area (Å²) in [7, 11) is 0. The van der Waals surface area contributed by atoms with Gasteiger partial charge in [0.2, 0.25) is 0 Å². The molecule has 102 valence electrons. The van der Waals surface area contributed by atoms with E-state index in [4.69, 9.17) is 11.6 Å². The van der Waals surface area contributed by atoms with Gasteiger partial charge in [0.15, 0.2) is 11.5 Å². The van der Waals surface area contributed by atoms with E-state index in [1.807, 2.05) is 0 Å². The van der Waals surface area contributed by atoms with Gasteiger partial charge in [-0.15, -0.1) is 11.6 Å². The molecule has 1 rings (SSSR count). The summed E-state index contributed by atoms with van der Waals surface area (Å²) in [4.78, 5) is 0. The van der Waals surface area contributed by atoms with Crippen LogP contribution >= 0.6 is 11.6 Å². The van der Waals surface area contributed by atoms with E-state index in [1.165, 1.54) is 38.2 Å². The molecule has 0 aliphatic heterocycles. The van der Waals surface area contributed by atoms with Crippen LogP contribution in [0.4, 0.5) is 0 Å². The van der Waals surface area contributed by atoms with Crippen LogP contribution in [-0.4, -0.2) is 10.2 Å². The maximum atomic E-state index is 9.71. The van der Waals surface area contributed by atoms with Crippen molar-refractivity contribution < 1.29 is 10.2 Å². The zero-order valence-electron chi connectivity index (χ0n) is 11.0. The van der Waals surface area contributed by atoms with Crippen LogP contribution < -0.4 is 0 Å². The van der Waals surface area contributed by atoms with Crippen LogP contribution in [0, 0.1) is 0 Å². The second-order valence-corrected chi connectivity index (χ2v) is 5.27. The van der Waals surface area contributed by atoms with E-state index in [2.05, 4.69) is 6.92 Å². The first-order chi connectivity index (χ1) is 8.66. The van der Waals surface area contributed by atoms with Crippen LogP contribution in [0.3, 0.4) is 0 Å². The first-order valence-electron chi connectivity index (χ1n) is 6.81. The van der Waals surface area contributed by atoms with Gasteiger partial charge >= 0.3 is 0 Å². The standard InChI is InChI=1S/C15H23ClO2/c1-2-3-4-5-6-7-10-13(16)12-9-8-11-14(17)15(12)18/h8-9,11,13,17-18H,2-7,10H2,1H3. The highest BCUT2D eigenvalue weighted by molar-refractivity contribution is 6.21. The number of hydrogen-bond acceptors (Lipinski definition) is 2. The van der Waals surface area contributed by atoms with Gasteiger partial charge in [0.05, 0.1) is 5.38 Å². The van der Waals surface area contributed by atoms with Crippen LogP contribution in [0.25, 0.3) is 0 Å². The van der Waals surface area contributed by atoms with Crippen molar-refractivity contribution in [2.24, 2.45) is 0 Å². The summed E-state index contributed by atoms with van der Waals surface area (Å²) in [6.45, 7) is 2.21. The number of para-hydroxylation sites is 1. The van der Waals surface area contributed by atoms with Gasteiger partial charge in [-0.05, 0) is 12.5 Å². The maximum absolute atomic E-state index is 9.71. The molecule has 1 unspecified atom stereocenters. The Morgan fingerprint density at radius 1 is 1.06 bits per heavy atom. The van der Waals surface area contributed by atoms with Gasteiger partial charge < -0.3 is 10.2 Å². The maximum Gasteiger partial charge on any atom is 0.162 e. The molecular weight excluding hydrogens is 248 g/mol. The molecule has 0 saturated heterocycles. The van der Waals surface area contributed by atoms with Crippen molar-refractivity contribution in [3.05, 3.63) is 23.8 Å². The predicted molar refractivity (Wildman–Crippen MR) is 76.4 cm³/mol. The fourth-order valence-electron chi connectivity index (χ4n) is 2.06. The number of phenols is 2. The number of phenolic OH excluding ortho intramolecular Hbond substituents is 2. The summed E-state index contributed by atoms with van der Waals surface area (Å²) < 4.78 is 0. The third kappa shape index (κ3) is 4.77. The van der Waals surface area contributed by atoms with Gasteiger partial charge in [0.1, 0.15) is 0 Å². The Hall–Kier alpha value is -0.890. The topological polar surface area (TPSA) is 40.5 Å². The number of benzene rings is 1. The zero-order chi connectivity index (χ0) is 13.4. The van der Waals surface area contributed by atoms with Crippen molar-refractivity contribution in [2.45, 2.75) is 57.2 Å². The van der Waals surface area contributed by atoms with Crippen molar-refractivity contribution in [1.82, 2.24) is 0 Å². The van der Waals surface area contributed by atoms with Crippen LogP contribution in [0.1, 0.15) is 62.8 Å². The summed E-state index contributed by atoms with van der Waals surface area (Å²) >= 11 is 6.25. The number of rotatable bonds is 8. The third-order valence-corrected chi connectivity index (χ3v) is 3.65. The number of halogens is 1. The molecule has 0 spiro atoms. The highest BCUT2D eigenvalue weighted by Crippen LogP contribution is 2.37. The Morgan fingerprint density at radius 3 is 2.44 bits per heavy atom. The third-order valence-electron chi connectivity index (χ3n) is 3.19. The first-order valence-corrected chi connectivity index (χ1v) is 7.25. The molecule has 0 bridgehead atoms. The van der Waals surface area contributed by atoms with Gasteiger partial charge in [0.25, 0.3) is 0 Å². The average molecular weight is 271 g/mol. The minimum absolute atomic E-state index is 0.0801. The van der Waals surface area contributed by atoms with Crippen LogP contribution in [0.2, 0.25) is 0 Å². The molecule has 0 aromatic heterocycles. The largest absolute Gasteiger partial charge is 0.504 e. The molecule has 0 heterocycles. The molecule has 0 amide bonds. The molecule has 2 nitrogen and oxygen atoms in total. The van der Waals surface area contributed by atoms with Crippen molar-refractivity contribution >= 4 is 11.6 Å². The predicted octanol–water partition coefficient (Wildman–Crippen LogP) is 5.13. The van der Waals surface area contributed by atoms with E-state index in [0.717, 1.165) is 12.8 Å². The van der Waals surface area contributed by atoms with E-state index in [1.54, 1.807) is 12.1 Å². The second-order valence-electron chi connectivity index (χ2n) is 4.74. The van der Waals surface area contributed by atoms with Crippen molar-refractivity contribution in [2.75, 3.05) is 0 Å². The number of alkyl halides is 1. The van der Waals surface area contributed by atoms with Gasteiger partial charge in [-0.25, -0.2) is 0 Å². The number of aromatic hydroxyl groups is 2. The molecular formula is C15H23ClO2. The Kier molecular flexibility index (Phi) is 6.96. The van der Waals surface area contributed by atoms with E-state index in [9.17, 15) is 10.2 Å². The summed E-state index contributed by atoms with van der Waals surface area (Å²) in [5.41, 5.74) is 0.630. The minimum atomic E-state index is -0.219. The molecule has 1 aromatic rings. The smallest absolute Gasteiger partial charge is 0.162 e. The minimum Gasteiger partial charge on any atom is -0.504 e. The molecule has 0 aliphatic carbocycles. The molecule has 0 radical (unpaired) electrons. The van der Waals surface area contributed by atoms with E-state index >= 15 is 0 Å². The van der Waals surface area contributed by atoms with Crippen LogP contribution in [0.5, 0.6) is 11.5 Å². The van der Waals surface area contributed by atoms with Crippen molar-refractivity contribution in [3.8, 4) is 11.5 Å². The Bertz CT molecular complexity index is 352. The summed E-state index contributed by atoms with van der Waals surface area (Å²) in [6, 6.07) is 4.94. The molecule has 3 heteroatoms. The lowest BCUT2D eigenvalue weighted by Crippen LogP contribution is -1.92. The van der Waals surface area contributed by atoms with Gasteiger partial charge in [-0.3, -0.25) is 0 Å². The molecule has 18 heavy (non-hydrogen) atoms. The summed E-state index contributed by atoms with van der Waals surface area (Å²) in [5, 5.41) is 18.9. The number of unbranched alkanes of at least 4 members (excludes halogenated alkanes) is 5. The highest BCUT2D eigenvalue weighted by atomic mass is 35.5. The van der Waals surface area contributed by atoms with Gasteiger partial charge in [0, 0.05) is 5.56 Å². The Balaban J connectivity index is 2.32. The molecule has 1 aromatic carbocycles. The summed E-state index contributed by atoms with van der Waals surface area (Å²) in [6.07, 6.45) is 8.19. The van der Waals surface area contributed by atoms with Gasteiger partial charge in [-0.1, -0.05) is 57.6 Å². The Labute approximate surface area is 115 Å². The van der Waals surface area contributed by atoms with Crippen molar-refractivity contribution in [3.63, 3.8) is 0 Å². The quantitative estimate of drug-likeness (QED) is 0.391. The van der Waals surface area contributed by atoms with Crippen LogP contribution in [0.15, 0.2) is 18.2 Å². The molecule has 0 saturated carbocycles. The molecule has 0 aliphatic rings. The lowest BCUT2D eigenvalue weighted by atomic mass is 10.0. The highest BCUT2D eigenvalue weighted by Gasteiger charge is 2.14. The first kappa shape index (κ1) is 15.2. The van der Waals surface area contributed by atoms with Crippen molar-refractivity contribution in [1.29, 1.82) is 0 Å². The molecule has 2 N–H and O–H groups in total. The van der Waals surface area contributed by atoms with E-state index < -0.39 is 0 Å².